The highest BCUT2D eigenvalue weighted by atomic mass is 19.1. The van der Waals surface area contributed by atoms with Crippen molar-refractivity contribution in [3.63, 3.8) is 0 Å². The van der Waals surface area contributed by atoms with Crippen molar-refractivity contribution in [2.75, 3.05) is 23.7 Å². The van der Waals surface area contributed by atoms with Gasteiger partial charge in [0.05, 0.1) is 5.69 Å². The van der Waals surface area contributed by atoms with Gasteiger partial charge >= 0.3 is 0 Å². The Morgan fingerprint density at radius 3 is 2.78 bits per heavy atom. The van der Waals surface area contributed by atoms with E-state index in [9.17, 15) is 18.8 Å². The van der Waals surface area contributed by atoms with Gasteiger partial charge in [0.15, 0.2) is 0 Å². The standard InChI is InChI=1S/C16H18FN3O3/c1-2-14(21)19-13-10-11(5-6-12(13)17)18-15(22)7-9-20-8-3-4-16(20)23/h2,5-6,10H,1,3-4,7-9H2,(H,18,22)(H,19,21). The minimum atomic E-state index is -0.610. The van der Waals surface area contributed by atoms with Gasteiger partial charge in [0.25, 0.3) is 0 Å². The zero-order valence-corrected chi connectivity index (χ0v) is 12.6. The summed E-state index contributed by atoms with van der Waals surface area (Å²) in [5.74, 6) is -1.37. The zero-order valence-electron chi connectivity index (χ0n) is 12.6. The third kappa shape index (κ3) is 4.64. The molecule has 1 aliphatic heterocycles. The van der Waals surface area contributed by atoms with Crippen molar-refractivity contribution in [3.05, 3.63) is 36.7 Å². The first-order valence-corrected chi connectivity index (χ1v) is 7.30. The number of likely N-dealkylation sites (tertiary alicyclic amines) is 1. The minimum absolute atomic E-state index is 0.0394. The van der Waals surface area contributed by atoms with Gasteiger partial charge < -0.3 is 15.5 Å². The van der Waals surface area contributed by atoms with Gasteiger partial charge in [-0.25, -0.2) is 4.39 Å². The highest BCUT2D eigenvalue weighted by Crippen LogP contribution is 2.20. The Kier molecular flexibility index (Phi) is 5.46. The van der Waals surface area contributed by atoms with Crippen LogP contribution < -0.4 is 10.6 Å². The maximum absolute atomic E-state index is 13.6. The number of carbonyl (C=O) groups is 3. The molecular weight excluding hydrogens is 301 g/mol. The van der Waals surface area contributed by atoms with Crippen LogP contribution in [0.15, 0.2) is 30.9 Å². The normalized spacial score (nSPS) is 13.8. The van der Waals surface area contributed by atoms with Crippen molar-refractivity contribution in [3.8, 4) is 0 Å². The number of benzene rings is 1. The lowest BCUT2D eigenvalue weighted by Crippen LogP contribution is -2.28. The van der Waals surface area contributed by atoms with Crippen LogP contribution in [0, 0.1) is 5.82 Å². The molecule has 1 aliphatic rings. The number of rotatable bonds is 6. The molecule has 2 N–H and O–H groups in total. The zero-order chi connectivity index (χ0) is 16.8. The molecule has 1 aromatic rings. The molecular formula is C16H18FN3O3. The van der Waals surface area contributed by atoms with Gasteiger partial charge in [-0.05, 0) is 30.7 Å². The second kappa shape index (κ2) is 7.53. The van der Waals surface area contributed by atoms with E-state index in [0.29, 0.717) is 25.2 Å². The minimum Gasteiger partial charge on any atom is -0.342 e. The summed E-state index contributed by atoms with van der Waals surface area (Å²) in [6, 6.07) is 3.88. The summed E-state index contributed by atoms with van der Waals surface area (Å²) in [6.07, 6.45) is 2.55. The molecule has 6 nitrogen and oxygen atoms in total. The summed E-state index contributed by atoms with van der Waals surface area (Å²) in [4.78, 5) is 36.2. The second-order valence-corrected chi connectivity index (χ2v) is 5.17. The number of carbonyl (C=O) groups excluding carboxylic acids is 3. The van der Waals surface area contributed by atoms with E-state index in [4.69, 9.17) is 0 Å². The van der Waals surface area contributed by atoms with Gasteiger partial charge in [-0.1, -0.05) is 6.58 Å². The summed E-state index contributed by atoms with van der Waals surface area (Å²) in [6.45, 7) is 4.34. The first-order chi connectivity index (χ1) is 11.0. The molecule has 23 heavy (non-hydrogen) atoms. The molecule has 1 heterocycles. The molecule has 3 amide bonds. The first-order valence-electron chi connectivity index (χ1n) is 7.30. The maximum atomic E-state index is 13.6. The molecule has 0 spiro atoms. The molecule has 0 bridgehead atoms. The van der Waals surface area contributed by atoms with Crippen LogP contribution in [0.2, 0.25) is 0 Å². The smallest absolute Gasteiger partial charge is 0.247 e. The fourth-order valence-corrected chi connectivity index (χ4v) is 2.28. The number of amides is 3. The van der Waals surface area contributed by atoms with Crippen LogP contribution >= 0.6 is 0 Å². The molecule has 1 fully saturated rings. The monoisotopic (exact) mass is 319 g/mol. The predicted octanol–water partition coefficient (Wildman–Crippen LogP) is 1.90. The highest BCUT2D eigenvalue weighted by Gasteiger charge is 2.20. The van der Waals surface area contributed by atoms with Crippen LogP contribution in [0.5, 0.6) is 0 Å². The van der Waals surface area contributed by atoms with Gasteiger partial charge in [0.1, 0.15) is 5.82 Å². The molecule has 7 heteroatoms. The Hall–Kier alpha value is -2.70. The number of hydrogen-bond acceptors (Lipinski definition) is 3. The number of anilines is 2. The Morgan fingerprint density at radius 1 is 1.35 bits per heavy atom. The van der Waals surface area contributed by atoms with E-state index in [1.807, 2.05) is 0 Å². The summed E-state index contributed by atoms with van der Waals surface area (Å²) in [5.41, 5.74) is 0.325. The SMILES string of the molecule is C=CC(=O)Nc1cc(NC(=O)CCN2CCCC2=O)ccc1F. The van der Waals surface area contributed by atoms with Crippen molar-refractivity contribution in [2.45, 2.75) is 19.3 Å². The van der Waals surface area contributed by atoms with Gasteiger partial charge in [-0.15, -0.1) is 0 Å². The third-order valence-electron chi connectivity index (χ3n) is 3.47. The summed E-state index contributed by atoms with van der Waals surface area (Å²) >= 11 is 0. The number of hydrogen-bond donors (Lipinski definition) is 2. The van der Waals surface area contributed by atoms with Crippen LogP contribution in [0.25, 0.3) is 0 Å². The first kappa shape index (κ1) is 16.7. The van der Waals surface area contributed by atoms with Gasteiger partial charge in [0.2, 0.25) is 17.7 Å². The molecule has 122 valence electrons. The molecule has 0 saturated carbocycles. The fourth-order valence-electron chi connectivity index (χ4n) is 2.28. The lowest BCUT2D eigenvalue weighted by molar-refractivity contribution is -0.128. The van der Waals surface area contributed by atoms with Crippen molar-refractivity contribution < 1.29 is 18.8 Å². The number of halogens is 1. The summed E-state index contributed by atoms with van der Waals surface area (Å²) in [7, 11) is 0. The summed E-state index contributed by atoms with van der Waals surface area (Å²) in [5, 5.41) is 4.94. The van der Waals surface area contributed by atoms with E-state index in [1.165, 1.54) is 12.1 Å². The van der Waals surface area contributed by atoms with E-state index in [0.717, 1.165) is 18.6 Å². The van der Waals surface area contributed by atoms with Crippen molar-refractivity contribution in [2.24, 2.45) is 0 Å². The third-order valence-corrected chi connectivity index (χ3v) is 3.47. The van der Waals surface area contributed by atoms with E-state index in [2.05, 4.69) is 17.2 Å². The lowest BCUT2D eigenvalue weighted by Gasteiger charge is -2.15. The Labute approximate surface area is 133 Å². The van der Waals surface area contributed by atoms with Crippen molar-refractivity contribution in [1.82, 2.24) is 4.90 Å². The van der Waals surface area contributed by atoms with Crippen LogP contribution in [-0.4, -0.2) is 35.7 Å². The average molecular weight is 319 g/mol. The average Bonchev–Trinajstić information content (AvgIpc) is 2.93. The molecule has 2 rings (SSSR count). The Bertz CT molecular complexity index is 645. The van der Waals surface area contributed by atoms with Crippen molar-refractivity contribution in [1.29, 1.82) is 0 Å². The maximum Gasteiger partial charge on any atom is 0.247 e. The number of nitrogens with zero attached hydrogens (tertiary/aromatic N) is 1. The van der Waals surface area contributed by atoms with Crippen LogP contribution in [-0.2, 0) is 14.4 Å². The topological polar surface area (TPSA) is 78.5 Å². The fraction of sp³-hybridized carbons (Fsp3) is 0.312. The quantitative estimate of drug-likeness (QED) is 0.786. The second-order valence-electron chi connectivity index (χ2n) is 5.17. The van der Waals surface area contributed by atoms with Crippen LogP contribution in [0.1, 0.15) is 19.3 Å². The van der Waals surface area contributed by atoms with E-state index >= 15 is 0 Å². The van der Waals surface area contributed by atoms with Crippen LogP contribution in [0.4, 0.5) is 15.8 Å². The largest absolute Gasteiger partial charge is 0.342 e. The number of nitrogens with one attached hydrogen (secondary N) is 2. The van der Waals surface area contributed by atoms with Crippen LogP contribution in [0.3, 0.4) is 0 Å². The van der Waals surface area contributed by atoms with E-state index in [-0.39, 0.29) is 23.9 Å². The van der Waals surface area contributed by atoms with Gasteiger partial charge in [-0.2, -0.15) is 0 Å². The van der Waals surface area contributed by atoms with Crippen molar-refractivity contribution >= 4 is 29.1 Å². The Balaban J connectivity index is 1.92. The predicted molar refractivity (Wildman–Crippen MR) is 84.3 cm³/mol. The molecule has 0 aliphatic carbocycles. The van der Waals surface area contributed by atoms with Gasteiger partial charge in [0, 0.05) is 31.6 Å². The lowest BCUT2D eigenvalue weighted by atomic mass is 10.2. The highest BCUT2D eigenvalue weighted by molar-refractivity contribution is 5.99. The molecule has 1 aromatic carbocycles. The summed E-state index contributed by atoms with van der Waals surface area (Å²) < 4.78 is 13.6. The van der Waals surface area contributed by atoms with Gasteiger partial charge in [-0.3, -0.25) is 14.4 Å². The Morgan fingerprint density at radius 2 is 2.13 bits per heavy atom. The molecule has 0 radical (unpaired) electrons. The molecule has 0 aromatic heterocycles. The molecule has 0 atom stereocenters. The molecule has 0 unspecified atom stereocenters. The van der Waals surface area contributed by atoms with E-state index < -0.39 is 11.7 Å². The van der Waals surface area contributed by atoms with E-state index in [1.54, 1.807) is 4.90 Å². The molecule has 1 saturated heterocycles.